The quantitative estimate of drug-likeness (QED) is 0.688. The number of benzene rings is 1. The highest BCUT2D eigenvalue weighted by atomic mass is 79.9. The fourth-order valence-electron chi connectivity index (χ4n) is 3.02. The van der Waals surface area contributed by atoms with E-state index in [-0.39, 0.29) is 0 Å². The number of halogens is 1. The Hall–Kier alpha value is -0.300. The summed E-state index contributed by atoms with van der Waals surface area (Å²) < 4.78 is 0. The van der Waals surface area contributed by atoms with Crippen LogP contribution in [0.25, 0.3) is 0 Å². The maximum Gasteiger partial charge on any atom is 0.0148 e. The number of hydrogen-bond acceptors (Lipinski definition) is 0. The van der Waals surface area contributed by atoms with Crippen LogP contribution in [-0.2, 0) is 6.42 Å². The van der Waals surface area contributed by atoms with E-state index < -0.39 is 0 Å². The second kappa shape index (κ2) is 4.91. The molecule has 2 unspecified atom stereocenters. The van der Waals surface area contributed by atoms with Crippen LogP contribution >= 0.6 is 15.9 Å². The highest BCUT2D eigenvalue weighted by Gasteiger charge is 2.23. The van der Waals surface area contributed by atoms with Gasteiger partial charge in [0.2, 0.25) is 0 Å². The molecule has 0 radical (unpaired) electrons. The zero-order chi connectivity index (χ0) is 11.7. The van der Waals surface area contributed by atoms with Crippen molar-refractivity contribution in [1.82, 2.24) is 0 Å². The zero-order valence-corrected chi connectivity index (χ0v) is 12.1. The van der Waals surface area contributed by atoms with E-state index in [1.165, 1.54) is 42.4 Å². The molecule has 1 fully saturated rings. The molecule has 0 heterocycles. The van der Waals surface area contributed by atoms with Crippen LogP contribution in [-0.4, -0.2) is 4.83 Å². The summed E-state index contributed by atoms with van der Waals surface area (Å²) in [7, 11) is 0. The molecule has 0 bridgehead atoms. The SMILES string of the molecule is Cc1cc(C)c(CC2CCC(Br)C2)c(C)c1. The summed E-state index contributed by atoms with van der Waals surface area (Å²) >= 11 is 3.74. The third-order valence-corrected chi connectivity index (χ3v) is 4.64. The lowest BCUT2D eigenvalue weighted by Gasteiger charge is -2.15. The van der Waals surface area contributed by atoms with Crippen molar-refractivity contribution in [2.45, 2.75) is 51.3 Å². The van der Waals surface area contributed by atoms with E-state index in [0.29, 0.717) is 0 Å². The molecule has 88 valence electrons. The van der Waals surface area contributed by atoms with Gasteiger partial charge in [-0.25, -0.2) is 0 Å². The van der Waals surface area contributed by atoms with Gasteiger partial charge in [0.15, 0.2) is 0 Å². The Kier molecular flexibility index (Phi) is 3.73. The van der Waals surface area contributed by atoms with Gasteiger partial charge in [0, 0.05) is 4.83 Å². The second-order valence-corrected chi connectivity index (χ2v) is 6.65. The normalized spacial score (nSPS) is 25.0. The van der Waals surface area contributed by atoms with Crippen molar-refractivity contribution < 1.29 is 0 Å². The highest BCUT2D eigenvalue weighted by Crippen LogP contribution is 2.34. The van der Waals surface area contributed by atoms with E-state index in [9.17, 15) is 0 Å². The van der Waals surface area contributed by atoms with E-state index in [1.54, 1.807) is 5.56 Å². The van der Waals surface area contributed by atoms with Crippen LogP contribution in [0.5, 0.6) is 0 Å². The van der Waals surface area contributed by atoms with E-state index >= 15 is 0 Å². The monoisotopic (exact) mass is 280 g/mol. The van der Waals surface area contributed by atoms with Gasteiger partial charge in [-0.1, -0.05) is 33.6 Å². The topological polar surface area (TPSA) is 0 Å². The van der Waals surface area contributed by atoms with Gasteiger partial charge in [0.1, 0.15) is 0 Å². The zero-order valence-electron chi connectivity index (χ0n) is 10.5. The smallest absolute Gasteiger partial charge is 0.0148 e. The second-order valence-electron chi connectivity index (χ2n) is 5.36. The van der Waals surface area contributed by atoms with Gasteiger partial charge < -0.3 is 0 Å². The van der Waals surface area contributed by atoms with E-state index in [4.69, 9.17) is 0 Å². The van der Waals surface area contributed by atoms with Crippen molar-refractivity contribution in [2.24, 2.45) is 5.92 Å². The maximum atomic E-state index is 3.74. The number of rotatable bonds is 2. The first-order valence-corrected chi connectivity index (χ1v) is 7.18. The van der Waals surface area contributed by atoms with Gasteiger partial charge in [-0.3, -0.25) is 0 Å². The minimum Gasteiger partial charge on any atom is -0.0891 e. The maximum absolute atomic E-state index is 3.74. The van der Waals surface area contributed by atoms with Crippen LogP contribution in [0, 0.1) is 26.7 Å². The molecular weight excluding hydrogens is 260 g/mol. The molecule has 0 amide bonds. The van der Waals surface area contributed by atoms with Crippen LogP contribution in [0.1, 0.15) is 41.5 Å². The molecule has 1 heteroatoms. The van der Waals surface area contributed by atoms with Crippen LogP contribution in [0.4, 0.5) is 0 Å². The molecule has 0 nitrogen and oxygen atoms in total. The molecule has 2 atom stereocenters. The van der Waals surface area contributed by atoms with Crippen molar-refractivity contribution in [1.29, 1.82) is 0 Å². The summed E-state index contributed by atoms with van der Waals surface area (Å²) in [4.78, 5) is 0.767. The molecule has 0 aromatic heterocycles. The Labute approximate surface area is 108 Å². The minimum atomic E-state index is 0.767. The van der Waals surface area contributed by atoms with Crippen molar-refractivity contribution in [3.05, 3.63) is 34.4 Å². The lowest BCUT2D eigenvalue weighted by atomic mass is 9.90. The number of aryl methyl sites for hydroxylation is 3. The van der Waals surface area contributed by atoms with Gasteiger partial charge in [0.25, 0.3) is 0 Å². The summed E-state index contributed by atoms with van der Waals surface area (Å²) in [5.74, 6) is 0.893. The first-order chi connectivity index (χ1) is 7.56. The summed E-state index contributed by atoms with van der Waals surface area (Å²) in [6, 6.07) is 4.64. The largest absolute Gasteiger partial charge is 0.0891 e. The molecule has 2 rings (SSSR count). The summed E-state index contributed by atoms with van der Waals surface area (Å²) in [5.41, 5.74) is 5.95. The van der Waals surface area contributed by atoms with Crippen molar-refractivity contribution in [3.63, 3.8) is 0 Å². The fraction of sp³-hybridized carbons (Fsp3) is 0.600. The standard InChI is InChI=1S/C15H21Br/c1-10-6-11(2)15(12(3)7-10)9-13-4-5-14(16)8-13/h6-7,13-14H,4-5,8-9H2,1-3H3. The molecule has 0 N–H and O–H groups in total. The molecule has 0 saturated heterocycles. The third kappa shape index (κ3) is 2.68. The molecule has 1 aromatic carbocycles. The van der Waals surface area contributed by atoms with Crippen molar-refractivity contribution >= 4 is 15.9 Å². The average Bonchev–Trinajstić information content (AvgIpc) is 2.58. The minimum absolute atomic E-state index is 0.767. The lowest BCUT2D eigenvalue weighted by Crippen LogP contribution is -2.04. The molecular formula is C15H21Br. The van der Waals surface area contributed by atoms with Gasteiger partial charge in [-0.2, -0.15) is 0 Å². The molecule has 1 aromatic rings. The number of alkyl halides is 1. The number of hydrogen-bond donors (Lipinski definition) is 0. The van der Waals surface area contributed by atoms with Crippen LogP contribution < -0.4 is 0 Å². The third-order valence-electron chi connectivity index (χ3n) is 3.81. The molecule has 1 aliphatic rings. The van der Waals surface area contributed by atoms with Crippen LogP contribution in [0.15, 0.2) is 12.1 Å². The molecule has 0 aliphatic heterocycles. The van der Waals surface area contributed by atoms with Crippen molar-refractivity contribution in [2.75, 3.05) is 0 Å². The first kappa shape index (κ1) is 12.2. The summed E-state index contributed by atoms with van der Waals surface area (Å²) in [6.07, 6.45) is 5.38. The average molecular weight is 281 g/mol. The van der Waals surface area contributed by atoms with Gasteiger partial charge >= 0.3 is 0 Å². The Morgan fingerprint density at radius 3 is 2.25 bits per heavy atom. The van der Waals surface area contributed by atoms with Crippen LogP contribution in [0.3, 0.4) is 0 Å². The fourth-order valence-corrected chi connectivity index (χ4v) is 3.81. The van der Waals surface area contributed by atoms with E-state index in [0.717, 1.165) is 10.7 Å². The van der Waals surface area contributed by atoms with Gasteiger partial charge in [-0.15, -0.1) is 0 Å². The highest BCUT2D eigenvalue weighted by molar-refractivity contribution is 9.09. The Bertz CT molecular complexity index is 358. The predicted molar refractivity (Wildman–Crippen MR) is 74.4 cm³/mol. The molecule has 1 aliphatic carbocycles. The molecule has 1 saturated carbocycles. The molecule has 0 spiro atoms. The Morgan fingerprint density at radius 1 is 1.12 bits per heavy atom. The summed E-state index contributed by atoms with van der Waals surface area (Å²) in [6.45, 7) is 6.71. The summed E-state index contributed by atoms with van der Waals surface area (Å²) in [5, 5.41) is 0. The van der Waals surface area contributed by atoms with E-state index in [2.05, 4.69) is 48.8 Å². The predicted octanol–water partition coefficient (Wildman–Crippen LogP) is 4.72. The Morgan fingerprint density at radius 2 is 1.75 bits per heavy atom. The first-order valence-electron chi connectivity index (χ1n) is 6.27. The molecule has 16 heavy (non-hydrogen) atoms. The van der Waals surface area contributed by atoms with Crippen LogP contribution in [0.2, 0.25) is 0 Å². The lowest BCUT2D eigenvalue weighted by molar-refractivity contribution is 0.545. The Balaban J connectivity index is 2.15. The van der Waals surface area contributed by atoms with E-state index in [1.807, 2.05) is 0 Å². The van der Waals surface area contributed by atoms with Gasteiger partial charge in [-0.05, 0) is 69.1 Å². The van der Waals surface area contributed by atoms with Gasteiger partial charge in [0.05, 0.1) is 0 Å². The van der Waals surface area contributed by atoms with Crippen molar-refractivity contribution in [3.8, 4) is 0 Å².